The van der Waals surface area contributed by atoms with E-state index in [0.29, 0.717) is 17.9 Å². The normalized spacial score (nSPS) is 16.5. The van der Waals surface area contributed by atoms with Gasteiger partial charge in [-0.3, -0.25) is 4.21 Å². The van der Waals surface area contributed by atoms with Crippen LogP contribution in [0.3, 0.4) is 0 Å². The number of rotatable bonds is 5. The van der Waals surface area contributed by atoms with Gasteiger partial charge in [0.2, 0.25) is 0 Å². The van der Waals surface area contributed by atoms with E-state index >= 15 is 0 Å². The number of anilines is 1. The number of nitriles is 1. The highest BCUT2D eigenvalue weighted by Gasteiger charge is 2.16. The molecule has 1 aromatic heterocycles. The fourth-order valence-electron chi connectivity index (χ4n) is 2.25. The summed E-state index contributed by atoms with van der Waals surface area (Å²) in [7, 11) is -0.800. The Hall–Kier alpha value is -1.41. The summed E-state index contributed by atoms with van der Waals surface area (Å²) in [5.74, 6) is 0.678. The van der Waals surface area contributed by atoms with Crippen molar-refractivity contribution in [2.75, 3.05) is 18.1 Å². The van der Waals surface area contributed by atoms with Crippen molar-refractivity contribution in [2.45, 2.75) is 37.9 Å². The molecule has 0 radical (unpaired) electrons. The van der Waals surface area contributed by atoms with Crippen molar-refractivity contribution >= 4 is 16.6 Å². The summed E-state index contributed by atoms with van der Waals surface area (Å²) in [6.07, 6.45) is 5.70. The third-order valence-corrected chi connectivity index (χ3v) is 4.95. The molecule has 1 aromatic rings. The Morgan fingerprint density at radius 1 is 1.58 bits per heavy atom. The molecule has 1 N–H and O–H groups in total. The second-order valence-electron chi connectivity index (χ2n) is 4.98. The lowest BCUT2D eigenvalue weighted by Gasteiger charge is -2.12. The van der Waals surface area contributed by atoms with Crippen LogP contribution in [0.5, 0.6) is 0 Å². The number of fused-ring (bicyclic) bond motifs is 1. The van der Waals surface area contributed by atoms with Gasteiger partial charge in [-0.25, -0.2) is 4.98 Å². The van der Waals surface area contributed by atoms with Gasteiger partial charge in [0.1, 0.15) is 11.9 Å². The van der Waals surface area contributed by atoms with Crippen molar-refractivity contribution in [2.24, 2.45) is 0 Å². The lowest BCUT2D eigenvalue weighted by molar-refractivity contribution is 0.672. The van der Waals surface area contributed by atoms with Crippen LogP contribution in [0.2, 0.25) is 0 Å². The van der Waals surface area contributed by atoms with Crippen LogP contribution in [0.25, 0.3) is 0 Å². The molecule has 5 heteroatoms. The summed E-state index contributed by atoms with van der Waals surface area (Å²) in [4.78, 5) is 4.56. The molecule has 19 heavy (non-hydrogen) atoms. The molecule has 0 saturated carbocycles. The van der Waals surface area contributed by atoms with Crippen LogP contribution in [0, 0.1) is 11.3 Å². The maximum absolute atomic E-state index is 11.3. The minimum atomic E-state index is -0.800. The number of hydrogen-bond acceptors (Lipinski definition) is 4. The van der Waals surface area contributed by atoms with Crippen molar-refractivity contribution < 1.29 is 4.21 Å². The number of hydrogen-bond donors (Lipinski definition) is 1. The lowest BCUT2D eigenvalue weighted by atomic mass is 10.1. The molecular formula is C14H19N3OS. The highest BCUT2D eigenvalue weighted by Crippen LogP contribution is 2.24. The smallest absolute Gasteiger partial charge is 0.144 e. The molecular weight excluding hydrogens is 258 g/mol. The minimum absolute atomic E-state index is 0.160. The third kappa shape index (κ3) is 3.32. The first-order valence-corrected chi connectivity index (χ1v) is 8.23. The second kappa shape index (κ2) is 6.16. The van der Waals surface area contributed by atoms with Gasteiger partial charge in [0, 0.05) is 34.5 Å². The Morgan fingerprint density at radius 2 is 2.37 bits per heavy atom. The standard InChI is InChI=1S/C14H19N3OS/c1-10(19(2)18)6-7-16-14-12(9-15)8-11-4-3-5-13(11)17-14/h8,10H,3-7H2,1-2H3,(H,16,17). The molecule has 1 heterocycles. The molecule has 2 rings (SSSR count). The lowest BCUT2D eigenvalue weighted by Crippen LogP contribution is -2.16. The number of nitrogens with one attached hydrogen (secondary N) is 1. The summed E-state index contributed by atoms with van der Waals surface area (Å²) in [5, 5.41) is 12.5. The van der Waals surface area contributed by atoms with Crippen molar-refractivity contribution in [3.05, 3.63) is 22.9 Å². The zero-order chi connectivity index (χ0) is 13.8. The van der Waals surface area contributed by atoms with Gasteiger partial charge in [-0.05, 0) is 37.3 Å². The molecule has 0 bridgehead atoms. The van der Waals surface area contributed by atoms with E-state index in [1.165, 1.54) is 5.56 Å². The van der Waals surface area contributed by atoms with Crippen LogP contribution in [-0.2, 0) is 23.6 Å². The highest BCUT2D eigenvalue weighted by molar-refractivity contribution is 7.84. The Bertz CT molecular complexity index is 536. The molecule has 0 fully saturated rings. The predicted molar refractivity (Wildman–Crippen MR) is 77.6 cm³/mol. The third-order valence-electron chi connectivity index (χ3n) is 3.58. The molecule has 0 spiro atoms. The molecule has 4 nitrogen and oxygen atoms in total. The number of aromatic nitrogens is 1. The predicted octanol–water partition coefficient (Wildman–Crippen LogP) is 2.01. The molecule has 0 aromatic carbocycles. The summed E-state index contributed by atoms with van der Waals surface area (Å²) >= 11 is 0. The average Bonchev–Trinajstić information content (AvgIpc) is 2.84. The Labute approximate surface area is 116 Å². The monoisotopic (exact) mass is 277 g/mol. The zero-order valence-electron chi connectivity index (χ0n) is 11.4. The fourth-order valence-corrected chi connectivity index (χ4v) is 2.70. The van der Waals surface area contributed by atoms with Gasteiger partial charge in [-0.15, -0.1) is 0 Å². The Kier molecular flexibility index (Phi) is 4.54. The first-order valence-electron chi connectivity index (χ1n) is 6.61. The molecule has 1 aliphatic carbocycles. The quantitative estimate of drug-likeness (QED) is 0.894. The molecule has 0 amide bonds. The molecule has 102 valence electrons. The highest BCUT2D eigenvalue weighted by atomic mass is 32.2. The van der Waals surface area contributed by atoms with Gasteiger partial charge in [0.25, 0.3) is 0 Å². The van der Waals surface area contributed by atoms with E-state index in [0.717, 1.165) is 31.4 Å². The van der Waals surface area contributed by atoms with E-state index in [9.17, 15) is 4.21 Å². The number of pyridine rings is 1. The maximum atomic E-state index is 11.3. The molecule has 2 atom stereocenters. The zero-order valence-corrected chi connectivity index (χ0v) is 12.2. The first kappa shape index (κ1) is 14.0. The Morgan fingerprint density at radius 3 is 3.05 bits per heavy atom. The van der Waals surface area contributed by atoms with Gasteiger partial charge >= 0.3 is 0 Å². The molecule has 0 saturated heterocycles. The van der Waals surface area contributed by atoms with Gasteiger partial charge in [0.05, 0.1) is 5.56 Å². The van der Waals surface area contributed by atoms with Crippen molar-refractivity contribution in [3.8, 4) is 6.07 Å². The van der Waals surface area contributed by atoms with E-state index < -0.39 is 10.8 Å². The summed E-state index contributed by atoms with van der Waals surface area (Å²) < 4.78 is 11.3. The van der Waals surface area contributed by atoms with Crippen LogP contribution in [0.15, 0.2) is 6.07 Å². The van der Waals surface area contributed by atoms with E-state index in [-0.39, 0.29) is 5.25 Å². The van der Waals surface area contributed by atoms with Gasteiger partial charge in [0.15, 0.2) is 0 Å². The van der Waals surface area contributed by atoms with Crippen LogP contribution in [0.1, 0.15) is 36.6 Å². The first-order chi connectivity index (χ1) is 9.11. The van der Waals surface area contributed by atoms with Crippen molar-refractivity contribution in [1.29, 1.82) is 5.26 Å². The Balaban J connectivity index is 2.04. The van der Waals surface area contributed by atoms with Gasteiger partial charge < -0.3 is 5.32 Å². The fraction of sp³-hybridized carbons (Fsp3) is 0.571. The molecule has 0 aliphatic heterocycles. The summed E-state index contributed by atoms with van der Waals surface area (Å²) in [6.45, 7) is 2.67. The van der Waals surface area contributed by atoms with Gasteiger partial charge in [-0.2, -0.15) is 5.26 Å². The van der Waals surface area contributed by atoms with Crippen molar-refractivity contribution in [1.82, 2.24) is 4.98 Å². The number of aryl methyl sites for hydroxylation is 2. The van der Waals surface area contributed by atoms with Crippen LogP contribution >= 0.6 is 0 Å². The topological polar surface area (TPSA) is 65.8 Å². The maximum Gasteiger partial charge on any atom is 0.144 e. The van der Waals surface area contributed by atoms with Gasteiger partial charge in [-0.1, -0.05) is 6.92 Å². The van der Waals surface area contributed by atoms with Crippen LogP contribution in [0.4, 0.5) is 5.82 Å². The van der Waals surface area contributed by atoms with E-state index in [4.69, 9.17) is 5.26 Å². The second-order valence-corrected chi connectivity index (χ2v) is 6.78. The van der Waals surface area contributed by atoms with E-state index in [1.54, 1.807) is 6.26 Å². The van der Waals surface area contributed by atoms with Crippen LogP contribution in [-0.4, -0.2) is 27.2 Å². The summed E-state index contributed by atoms with van der Waals surface area (Å²) in [5.41, 5.74) is 2.95. The minimum Gasteiger partial charge on any atom is -0.369 e. The van der Waals surface area contributed by atoms with E-state index in [1.807, 2.05) is 13.0 Å². The summed E-state index contributed by atoms with van der Waals surface area (Å²) in [6, 6.07) is 4.16. The van der Waals surface area contributed by atoms with E-state index in [2.05, 4.69) is 16.4 Å². The van der Waals surface area contributed by atoms with Crippen LogP contribution < -0.4 is 5.32 Å². The van der Waals surface area contributed by atoms with Crippen molar-refractivity contribution in [3.63, 3.8) is 0 Å². The average molecular weight is 277 g/mol. The number of nitrogens with zero attached hydrogens (tertiary/aromatic N) is 2. The molecule has 2 unspecified atom stereocenters. The molecule has 1 aliphatic rings. The SMILES string of the molecule is CC(CCNc1nc2c(cc1C#N)CCC2)S(C)=O. The largest absolute Gasteiger partial charge is 0.369 e.